The van der Waals surface area contributed by atoms with Gasteiger partial charge in [0.25, 0.3) is 0 Å². The molecule has 0 saturated heterocycles. The number of carbonyl (C=O) groups is 2. The van der Waals surface area contributed by atoms with Crippen LogP contribution < -0.4 is 15.5 Å². The first-order valence-electron chi connectivity index (χ1n) is 8.77. The molecule has 0 aliphatic heterocycles. The average molecular weight is 422 g/mol. The van der Waals surface area contributed by atoms with Crippen molar-refractivity contribution in [1.82, 2.24) is 10.7 Å². The highest BCUT2D eigenvalue weighted by molar-refractivity contribution is 6.35. The van der Waals surface area contributed by atoms with Gasteiger partial charge in [0, 0.05) is 22.2 Å². The minimum atomic E-state index is -0.808. The third-order valence-electron chi connectivity index (χ3n) is 3.67. The summed E-state index contributed by atoms with van der Waals surface area (Å²) in [6, 6.07) is 12.3. The minimum Gasteiger partial charge on any atom is -0.489 e. The van der Waals surface area contributed by atoms with Crippen molar-refractivity contribution in [2.24, 2.45) is 5.10 Å². The number of halogens is 2. The molecule has 0 saturated carbocycles. The van der Waals surface area contributed by atoms with Crippen LogP contribution in [0.25, 0.3) is 0 Å². The molecule has 0 bridgehead atoms. The van der Waals surface area contributed by atoms with Crippen LogP contribution in [0.1, 0.15) is 30.9 Å². The topological polar surface area (TPSA) is 79.8 Å². The average Bonchev–Trinajstić information content (AvgIpc) is 2.67. The normalized spacial score (nSPS) is 10.7. The summed E-state index contributed by atoms with van der Waals surface area (Å²) >= 11 is 12.0. The SMILES string of the molecule is CCCCNC(=O)C(=O)N/N=C\c1cccc(OCc2ccc(Cl)cc2Cl)c1. The largest absolute Gasteiger partial charge is 0.489 e. The zero-order valence-corrected chi connectivity index (χ0v) is 16.9. The van der Waals surface area contributed by atoms with E-state index >= 15 is 0 Å². The molecule has 0 aliphatic rings. The Morgan fingerprint density at radius 2 is 1.96 bits per heavy atom. The van der Waals surface area contributed by atoms with Crippen molar-refractivity contribution in [3.05, 3.63) is 63.6 Å². The third-order valence-corrected chi connectivity index (χ3v) is 4.26. The van der Waals surface area contributed by atoms with Crippen LogP contribution in [-0.4, -0.2) is 24.6 Å². The summed E-state index contributed by atoms with van der Waals surface area (Å²) < 4.78 is 5.73. The lowest BCUT2D eigenvalue weighted by Crippen LogP contribution is -2.38. The molecule has 2 rings (SSSR count). The molecule has 0 unspecified atom stereocenters. The third kappa shape index (κ3) is 7.21. The van der Waals surface area contributed by atoms with Crippen molar-refractivity contribution in [3.63, 3.8) is 0 Å². The molecule has 6 nitrogen and oxygen atoms in total. The first-order valence-corrected chi connectivity index (χ1v) is 9.53. The molecule has 0 radical (unpaired) electrons. The van der Waals surface area contributed by atoms with Crippen molar-refractivity contribution < 1.29 is 14.3 Å². The van der Waals surface area contributed by atoms with Crippen molar-refractivity contribution in [2.75, 3.05) is 6.54 Å². The summed E-state index contributed by atoms with van der Waals surface area (Å²) in [5.41, 5.74) is 3.71. The fraction of sp³-hybridized carbons (Fsp3) is 0.250. The van der Waals surface area contributed by atoms with Gasteiger partial charge in [-0.1, -0.05) is 54.7 Å². The van der Waals surface area contributed by atoms with Gasteiger partial charge >= 0.3 is 11.8 Å². The van der Waals surface area contributed by atoms with E-state index in [9.17, 15) is 9.59 Å². The maximum atomic E-state index is 11.6. The molecule has 8 heteroatoms. The molecule has 2 aromatic carbocycles. The lowest BCUT2D eigenvalue weighted by atomic mass is 10.2. The van der Waals surface area contributed by atoms with Gasteiger partial charge in [-0.05, 0) is 36.2 Å². The number of ether oxygens (including phenoxy) is 1. The zero-order chi connectivity index (χ0) is 20.4. The van der Waals surface area contributed by atoms with E-state index in [2.05, 4.69) is 15.8 Å². The van der Waals surface area contributed by atoms with Crippen LogP contribution in [0, 0.1) is 0 Å². The summed E-state index contributed by atoms with van der Waals surface area (Å²) in [7, 11) is 0. The molecule has 0 aliphatic carbocycles. The molecule has 2 N–H and O–H groups in total. The van der Waals surface area contributed by atoms with Gasteiger partial charge in [0.15, 0.2) is 0 Å². The minimum absolute atomic E-state index is 0.283. The van der Waals surface area contributed by atoms with Gasteiger partial charge in [-0.3, -0.25) is 9.59 Å². The molecule has 0 spiro atoms. The summed E-state index contributed by atoms with van der Waals surface area (Å²) in [6.07, 6.45) is 3.18. The van der Waals surface area contributed by atoms with Crippen LogP contribution in [0.5, 0.6) is 5.75 Å². The number of hydrogen-bond donors (Lipinski definition) is 2. The van der Waals surface area contributed by atoms with Crippen molar-refractivity contribution >= 4 is 41.2 Å². The number of rotatable bonds is 8. The van der Waals surface area contributed by atoms with Crippen LogP contribution in [0.3, 0.4) is 0 Å². The van der Waals surface area contributed by atoms with Gasteiger partial charge in [-0.15, -0.1) is 0 Å². The number of benzene rings is 2. The van der Waals surface area contributed by atoms with E-state index in [1.165, 1.54) is 6.21 Å². The number of amides is 2. The van der Waals surface area contributed by atoms with Crippen LogP contribution in [0.15, 0.2) is 47.6 Å². The number of unbranched alkanes of at least 4 members (excludes halogenated alkanes) is 1. The number of nitrogens with zero attached hydrogens (tertiary/aromatic N) is 1. The Kier molecular flexibility index (Phi) is 8.78. The van der Waals surface area contributed by atoms with Gasteiger partial charge < -0.3 is 10.1 Å². The monoisotopic (exact) mass is 421 g/mol. The second kappa shape index (κ2) is 11.3. The number of hydrazone groups is 1. The smallest absolute Gasteiger partial charge is 0.329 e. The Hall–Kier alpha value is -2.57. The molecular weight excluding hydrogens is 401 g/mol. The molecule has 0 fully saturated rings. The van der Waals surface area contributed by atoms with E-state index < -0.39 is 11.8 Å². The highest BCUT2D eigenvalue weighted by Crippen LogP contribution is 2.22. The Labute approximate surface area is 173 Å². The van der Waals surface area contributed by atoms with E-state index in [0.717, 1.165) is 18.4 Å². The van der Waals surface area contributed by atoms with E-state index in [0.29, 0.717) is 27.9 Å². The second-order valence-corrected chi connectivity index (χ2v) is 6.75. The first kappa shape index (κ1) is 21.7. The van der Waals surface area contributed by atoms with Crippen LogP contribution >= 0.6 is 23.2 Å². The van der Waals surface area contributed by atoms with Crippen LogP contribution in [0.4, 0.5) is 0 Å². The van der Waals surface area contributed by atoms with Gasteiger partial charge in [-0.2, -0.15) is 5.10 Å². The fourth-order valence-electron chi connectivity index (χ4n) is 2.16. The number of carbonyl (C=O) groups excluding carboxylic acids is 2. The summed E-state index contributed by atoms with van der Waals surface area (Å²) in [5, 5.41) is 7.41. The molecule has 28 heavy (non-hydrogen) atoms. The summed E-state index contributed by atoms with van der Waals surface area (Å²) in [5.74, 6) is -0.904. The van der Waals surface area contributed by atoms with E-state index in [-0.39, 0.29) is 6.61 Å². The fourth-order valence-corrected chi connectivity index (χ4v) is 2.62. The Bertz CT molecular complexity index is 856. The molecule has 0 aromatic heterocycles. The maximum Gasteiger partial charge on any atom is 0.329 e. The van der Waals surface area contributed by atoms with Gasteiger partial charge in [-0.25, -0.2) is 5.43 Å². The molecule has 2 amide bonds. The Morgan fingerprint density at radius 1 is 1.14 bits per heavy atom. The zero-order valence-electron chi connectivity index (χ0n) is 15.4. The quantitative estimate of drug-likeness (QED) is 0.293. The summed E-state index contributed by atoms with van der Waals surface area (Å²) in [4.78, 5) is 23.2. The molecule has 148 valence electrons. The second-order valence-electron chi connectivity index (χ2n) is 5.91. The highest BCUT2D eigenvalue weighted by Gasteiger charge is 2.11. The highest BCUT2D eigenvalue weighted by atomic mass is 35.5. The maximum absolute atomic E-state index is 11.6. The van der Waals surface area contributed by atoms with Crippen LogP contribution in [-0.2, 0) is 16.2 Å². The Balaban J connectivity index is 1.87. The van der Waals surface area contributed by atoms with E-state index in [1.54, 1.807) is 42.5 Å². The predicted octanol–water partition coefficient (Wildman–Crippen LogP) is 3.94. The summed E-state index contributed by atoms with van der Waals surface area (Å²) in [6.45, 7) is 2.74. The number of nitrogens with one attached hydrogen (secondary N) is 2. The molecule has 2 aromatic rings. The standard InChI is InChI=1S/C20H21Cl2N3O3/c1-2-3-9-23-19(26)20(27)25-24-12-14-5-4-6-17(10-14)28-13-15-7-8-16(21)11-18(15)22/h4-8,10-12H,2-3,9,13H2,1H3,(H,23,26)(H,25,27)/b24-12-. The van der Waals surface area contributed by atoms with Crippen molar-refractivity contribution in [1.29, 1.82) is 0 Å². The molecule has 0 atom stereocenters. The first-order chi connectivity index (χ1) is 13.5. The van der Waals surface area contributed by atoms with Gasteiger partial charge in [0.2, 0.25) is 0 Å². The van der Waals surface area contributed by atoms with E-state index in [1.807, 2.05) is 6.92 Å². The van der Waals surface area contributed by atoms with Crippen molar-refractivity contribution in [2.45, 2.75) is 26.4 Å². The van der Waals surface area contributed by atoms with Crippen molar-refractivity contribution in [3.8, 4) is 5.75 Å². The Morgan fingerprint density at radius 3 is 2.71 bits per heavy atom. The van der Waals surface area contributed by atoms with Crippen LogP contribution in [0.2, 0.25) is 10.0 Å². The van der Waals surface area contributed by atoms with Gasteiger partial charge in [0.05, 0.1) is 6.21 Å². The van der Waals surface area contributed by atoms with Gasteiger partial charge in [0.1, 0.15) is 12.4 Å². The molecular formula is C20H21Cl2N3O3. The molecule has 0 heterocycles. The predicted molar refractivity (Wildman–Crippen MR) is 111 cm³/mol. The van der Waals surface area contributed by atoms with E-state index in [4.69, 9.17) is 27.9 Å². The lowest BCUT2D eigenvalue weighted by molar-refractivity contribution is -0.139. The number of hydrogen-bond acceptors (Lipinski definition) is 4. The lowest BCUT2D eigenvalue weighted by Gasteiger charge is -2.08.